The average Bonchev–Trinajstić information content (AvgIpc) is 2.90. The van der Waals surface area contributed by atoms with E-state index < -0.39 is 0 Å². The SMILES string of the molecule is CCC1=Nc2cc(C(=O)NC(C)c3ccccc3)ccc2Sc2ccccc21. The first kappa shape index (κ1) is 18.5. The van der Waals surface area contributed by atoms with Crippen LogP contribution >= 0.6 is 11.8 Å². The molecular weight excluding hydrogens is 364 g/mol. The molecular formula is C24H22N2OS. The summed E-state index contributed by atoms with van der Waals surface area (Å²) in [6, 6.07) is 24.1. The van der Waals surface area contributed by atoms with Gasteiger partial charge in [-0.2, -0.15) is 0 Å². The molecule has 1 unspecified atom stereocenters. The molecule has 0 fully saturated rings. The Morgan fingerprint density at radius 3 is 2.54 bits per heavy atom. The highest BCUT2D eigenvalue weighted by Crippen LogP contribution is 2.41. The van der Waals surface area contributed by atoms with Gasteiger partial charge < -0.3 is 5.32 Å². The number of hydrogen-bond donors (Lipinski definition) is 1. The predicted molar refractivity (Wildman–Crippen MR) is 116 cm³/mol. The summed E-state index contributed by atoms with van der Waals surface area (Å²) >= 11 is 1.71. The van der Waals surface area contributed by atoms with Gasteiger partial charge in [0.05, 0.1) is 11.7 Å². The van der Waals surface area contributed by atoms with Crippen molar-refractivity contribution in [3.63, 3.8) is 0 Å². The number of carbonyl (C=O) groups is 1. The van der Waals surface area contributed by atoms with Gasteiger partial charge >= 0.3 is 0 Å². The van der Waals surface area contributed by atoms with Crippen LogP contribution in [0.5, 0.6) is 0 Å². The quantitative estimate of drug-likeness (QED) is 0.582. The van der Waals surface area contributed by atoms with Gasteiger partial charge in [0, 0.05) is 26.6 Å². The first-order valence-corrected chi connectivity index (χ1v) is 10.3. The molecule has 28 heavy (non-hydrogen) atoms. The number of fused-ring (bicyclic) bond motifs is 2. The molecule has 4 heteroatoms. The van der Waals surface area contributed by atoms with Crippen LogP contribution in [-0.2, 0) is 0 Å². The molecule has 1 amide bonds. The first-order valence-electron chi connectivity index (χ1n) is 9.50. The Kier molecular flexibility index (Phi) is 5.31. The van der Waals surface area contributed by atoms with Crippen LogP contribution in [0.1, 0.15) is 47.8 Å². The lowest BCUT2D eigenvalue weighted by Gasteiger charge is -2.15. The number of nitrogens with zero attached hydrogens (tertiary/aromatic N) is 1. The summed E-state index contributed by atoms with van der Waals surface area (Å²) in [4.78, 5) is 20.0. The second kappa shape index (κ2) is 8.03. The highest BCUT2D eigenvalue weighted by molar-refractivity contribution is 7.99. The van der Waals surface area contributed by atoms with Gasteiger partial charge in [-0.1, -0.05) is 67.2 Å². The zero-order valence-corrected chi connectivity index (χ0v) is 16.8. The third-order valence-corrected chi connectivity index (χ3v) is 6.02. The van der Waals surface area contributed by atoms with Gasteiger partial charge in [-0.15, -0.1) is 0 Å². The molecule has 1 N–H and O–H groups in total. The summed E-state index contributed by atoms with van der Waals surface area (Å²) in [7, 11) is 0. The highest BCUT2D eigenvalue weighted by Gasteiger charge is 2.18. The summed E-state index contributed by atoms with van der Waals surface area (Å²) in [6.45, 7) is 4.11. The van der Waals surface area contributed by atoms with E-state index in [1.807, 2.05) is 61.5 Å². The minimum Gasteiger partial charge on any atom is -0.346 e. The van der Waals surface area contributed by atoms with E-state index in [1.165, 1.54) is 10.5 Å². The highest BCUT2D eigenvalue weighted by atomic mass is 32.2. The summed E-state index contributed by atoms with van der Waals surface area (Å²) in [5, 5.41) is 3.08. The summed E-state index contributed by atoms with van der Waals surface area (Å²) in [5.41, 5.74) is 4.81. The lowest BCUT2D eigenvalue weighted by molar-refractivity contribution is 0.0940. The average molecular weight is 387 g/mol. The van der Waals surface area contributed by atoms with Gasteiger partial charge in [0.1, 0.15) is 0 Å². The van der Waals surface area contributed by atoms with E-state index >= 15 is 0 Å². The van der Waals surface area contributed by atoms with Gasteiger partial charge in [0.2, 0.25) is 0 Å². The van der Waals surface area contributed by atoms with Crippen molar-refractivity contribution in [3.8, 4) is 0 Å². The fraction of sp³-hybridized carbons (Fsp3) is 0.167. The van der Waals surface area contributed by atoms with Crippen molar-refractivity contribution >= 4 is 29.1 Å². The molecule has 140 valence electrons. The van der Waals surface area contributed by atoms with Crippen LogP contribution < -0.4 is 5.32 Å². The fourth-order valence-electron chi connectivity index (χ4n) is 3.32. The maximum absolute atomic E-state index is 12.8. The number of aliphatic imine (C=N–C) groups is 1. The van der Waals surface area contributed by atoms with Crippen molar-refractivity contribution in [2.24, 2.45) is 4.99 Å². The van der Waals surface area contributed by atoms with E-state index in [0.717, 1.165) is 28.3 Å². The summed E-state index contributed by atoms with van der Waals surface area (Å²) in [5.74, 6) is -0.0841. The lowest BCUT2D eigenvalue weighted by atomic mass is 10.1. The zero-order chi connectivity index (χ0) is 19.5. The van der Waals surface area contributed by atoms with E-state index in [2.05, 4.69) is 30.4 Å². The minimum atomic E-state index is -0.0841. The normalized spacial score (nSPS) is 13.6. The van der Waals surface area contributed by atoms with E-state index in [0.29, 0.717) is 5.56 Å². The molecule has 0 aliphatic carbocycles. The molecule has 0 radical (unpaired) electrons. The molecule has 0 saturated heterocycles. The number of rotatable bonds is 4. The third kappa shape index (κ3) is 3.73. The molecule has 1 heterocycles. The van der Waals surface area contributed by atoms with Crippen molar-refractivity contribution < 1.29 is 4.79 Å². The first-order chi connectivity index (χ1) is 13.7. The van der Waals surface area contributed by atoms with Crippen LogP contribution in [0.25, 0.3) is 0 Å². The maximum atomic E-state index is 12.8. The van der Waals surface area contributed by atoms with Crippen molar-refractivity contribution in [2.45, 2.75) is 36.1 Å². The molecule has 0 bridgehead atoms. The second-order valence-corrected chi connectivity index (χ2v) is 7.88. The fourth-order valence-corrected chi connectivity index (χ4v) is 4.35. The van der Waals surface area contributed by atoms with Crippen LogP contribution in [0.4, 0.5) is 5.69 Å². The van der Waals surface area contributed by atoms with Crippen molar-refractivity contribution in [3.05, 3.63) is 89.5 Å². The Labute approximate surface area is 169 Å². The Hall–Kier alpha value is -2.85. The van der Waals surface area contributed by atoms with Crippen LogP contribution in [0.2, 0.25) is 0 Å². The van der Waals surface area contributed by atoms with Crippen molar-refractivity contribution in [1.82, 2.24) is 5.32 Å². The number of hydrogen-bond acceptors (Lipinski definition) is 3. The molecule has 3 nitrogen and oxygen atoms in total. The van der Waals surface area contributed by atoms with Gasteiger partial charge in [-0.3, -0.25) is 9.79 Å². The molecule has 4 rings (SSSR count). The molecule has 3 aromatic carbocycles. The van der Waals surface area contributed by atoms with Crippen LogP contribution in [-0.4, -0.2) is 11.6 Å². The van der Waals surface area contributed by atoms with E-state index in [-0.39, 0.29) is 11.9 Å². The summed E-state index contributed by atoms with van der Waals surface area (Å²) < 4.78 is 0. The van der Waals surface area contributed by atoms with Gasteiger partial charge in [-0.25, -0.2) is 0 Å². The Morgan fingerprint density at radius 1 is 1.00 bits per heavy atom. The Bertz CT molecular complexity index is 1040. The Balaban J connectivity index is 1.63. The molecule has 0 spiro atoms. The number of benzene rings is 3. The molecule has 1 aliphatic rings. The standard InChI is InChI=1S/C24H22N2OS/c1-3-20-19-11-7-8-12-22(19)28-23-14-13-18(15-21(23)26-20)24(27)25-16(2)17-9-5-4-6-10-17/h4-16H,3H2,1-2H3,(H,25,27). The van der Waals surface area contributed by atoms with Crippen LogP contribution in [0.15, 0.2) is 87.6 Å². The van der Waals surface area contributed by atoms with E-state index in [1.54, 1.807) is 11.8 Å². The number of nitrogens with one attached hydrogen (secondary N) is 1. The summed E-state index contributed by atoms with van der Waals surface area (Å²) in [6.07, 6.45) is 0.846. The predicted octanol–water partition coefficient (Wildman–Crippen LogP) is 6.17. The van der Waals surface area contributed by atoms with Gasteiger partial charge in [-0.05, 0) is 43.2 Å². The second-order valence-electron chi connectivity index (χ2n) is 6.80. The lowest BCUT2D eigenvalue weighted by Crippen LogP contribution is -2.26. The maximum Gasteiger partial charge on any atom is 0.251 e. The van der Waals surface area contributed by atoms with Crippen molar-refractivity contribution in [1.29, 1.82) is 0 Å². The largest absolute Gasteiger partial charge is 0.346 e. The molecule has 3 aromatic rings. The monoisotopic (exact) mass is 386 g/mol. The number of amides is 1. The smallest absolute Gasteiger partial charge is 0.251 e. The molecule has 1 atom stereocenters. The van der Waals surface area contributed by atoms with E-state index in [4.69, 9.17) is 4.99 Å². The molecule has 0 aromatic heterocycles. The van der Waals surface area contributed by atoms with Crippen molar-refractivity contribution in [2.75, 3.05) is 0 Å². The third-order valence-electron chi connectivity index (χ3n) is 4.88. The minimum absolute atomic E-state index is 0.0548. The van der Waals surface area contributed by atoms with E-state index in [9.17, 15) is 4.79 Å². The molecule has 0 saturated carbocycles. The molecule has 1 aliphatic heterocycles. The van der Waals surface area contributed by atoms with Gasteiger partial charge in [0.25, 0.3) is 5.91 Å². The number of carbonyl (C=O) groups excluding carboxylic acids is 1. The van der Waals surface area contributed by atoms with Gasteiger partial charge in [0.15, 0.2) is 0 Å². The zero-order valence-electron chi connectivity index (χ0n) is 16.0. The van der Waals surface area contributed by atoms with Crippen LogP contribution in [0.3, 0.4) is 0 Å². The van der Waals surface area contributed by atoms with Crippen LogP contribution in [0, 0.1) is 0 Å². The topological polar surface area (TPSA) is 41.5 Å². The Morgan fingerprint density at radius 2 is 1.75 bits per heavy atom.